The Labute approximate surface area is 127 Å². The van der Waals surface area contributed by atoms with Crippen molar-refractivity contribution < 1.29 is 4.74 Å². The van der Waals surface area contributed by atoms with Gasteiger partial charge >= 0.3 is 0 Å². The first-order valence-electron chi connectivity index (χ1n) is 7.87. The zero-order chi connectivity index (χ0) is 15.2. The van der Waals surface area contributed by atoms with Crippen molar-refractivity contribution in [3.63, 3.8) is 0 Å². The molecule has 0 atom stereocenters. The molecule has 1 aliphatic rings. The van der Waals surface area contributed by atoms with Gasteiger partial charge in [0.1, 0.15) is 11.5 Å². The van der Waals surface area contributed by atoms with Gasteiger partial charge in [-0.2, -0.15) is 4.98 Å². The van der Waals surface area contributed by atoms with Crippen LogP contribution >= 0.6 is 0 Å². The van der Waals surface area contributed by atoms with Gasteiger partial charge in [0, 0.05) is 12.5 Å². The summed E-state index contributed by atoms with van der Waals surface area (Å²) in [6.07, 6.45) is 3.38. The molecule has 0 radical (unpaired) electrons. The van der Waals surface area contributed by atoms with Gasteiger partial charge in [-0.25, -0.2) is 4.98 Å². The molecule has 1 fully saturated rings. The molecule has 2 rings (SSSR count). The van der Waals surface area contributed by atoms with Crippen molar-refractivity contribution in [2.75, 3.05) is 44.3 Å². The maximum atomic E-state index is 6.05. The van der Waals surface area contributed by atoms with Gasteiger partial charge in [0.25, 0.3) is 0 Å². The van der Waals surface area contributed by atoms with Crippen LogP contribution in [0.25, 0.3) is 0 Å². The highest BCUT2D eigenvalue weighted by atomic mass is 16.5. The van der Waals surface area contributed by atoms with E-state index in [1.807, 2.05) is 0 Å². The van der Waals surface area contributed by atoms with Gasteiger partial charge in [0.05, 0.1) is 7.11 Å². The van der Waals surface area contributed by atoms with E-state index < -0.39 is 0 Å². The lowest BCUT2D eigenvalue weighted by Crippen LogP contribution is -2.25. The molecule has 1 aliphatic carbocycles. The van der Waals surface area contributed by atoms with Crippen molar-refractivity contribution >= 4 is 11.5 Å². The summed E-state index contributed by atoms with van der Waals surface area (Å²) in [5.41, 5.74) is 6.56. The van der Waals surface area contributed by atoms with Crippen molar-refractivity contribution in [1.29, 1.82) is 0 Å². The van der Waals surface area contributed by atoms with Gasteiger partial charge in [-0.05, 0) is 38.9 Å². The van der Waals surface area contributed by atoms with Gasteiger partial charge < -0.3 is 20.7 Å². The highest BCUT2D eigenvalue weighted by molar-refractivity contribution is 5.67. The van der Waals surface area contributed by atoms with E-state index in [1.54, 1.807) is 7.11 Å². The first-order valence-corrected chi connectivity index (χ1v) is 7.87. The molecule has 0 spiro atoms. The van der Waals surface area contributed by atoms with Gasteiger partial charge in [0.2, 0.25) is 5.88 Å². The second-order valence-electron chi connectivity index (χ2n) is 5.43. The van der Waals surface area contributed by atoms with Crippen LogP contribution in [0, 0.1) is 0 Å². The largest absolute Gasteiger partial charge is 0.479 e. The zero-order valence-corrected chi connectivity index (χ0v) is 13.4. The molecular formula is C15H27N5O. The first-order chi connectivity index (χ1) is 10.2. The van der Waals surface area contributed by atoms with Crippen LogP contribution in [-0.2, 0) is 0 Å². The monoisotopic (exact) mass is 293 g/mol. The number of ether oxygens (including phenoxy) is 1. The third-order valence-corrected chi connectivity index (χ3v) is 3.90. The standard InChI is InChI=1S/C15H27N5O/c1-4-20(5-2)10-6-9-17-14-12(16)15(21-3)19-13(18-14)11-7-8-11/h11H,4-10,16H2,1-3H3,(H,17,18,19). The highest BCUT2D eigenvalue weighted by Crippen LogP contribution is 2.40. The molecule has 6 nitrogen and oxygen atoms in total. The molecule has 1 heterocycles. The summed E-state index contributed by atoms with van der Waals surface area (Å²) < 4.78 is 5.26. The van der Waals surface area contributed by atoms with Crippen molar-refractivity contribution in [2.24, 2.45) is 0 Å². The number of nitrogen functional groups attached to an aromatic ring is 1. The molecule has 0 saturated heterocycles. The van der Waals surface area contributed by atoms with Crippen molar-refractivity contribution in [1.82, 2.24) is 14.9 Å². The van der Waals surface area contributed by atoms with E-state index in [0.29, 0.717) is 23.3 Å². The number of nitrogens with zero attached hydrogens (tertiary/aromatic N) is 3. The summed E-state index contributed by atoms with van der Waals surface area (Å²) in [6, 6.07) is 0. The number of hydrogen-bond acceptors (Lipinski definition) is 6. The summed E-state index contributed by atoms with van der Waals surface area (Å²) in [5.74, 6) is 2.53. The van der Waals surface area contributed by atoms with E-state index in [-0.39, 0.29) is 0 Å². The van der Waals surface area contributed by atoms with Crippen LogP contribution in [0.15, 0.2) is 0 Å². The summed E-state index contributed by atoms with van der Waals surface area (Å²) in [6.45, 7) is 8.48. The van der Waals surface area contributed by atoms with E-state index in [4.69, 9.17) is 10.5 Å². The van der Waals surface area contributed by atoms with Crippen molar-refractivity contribution in [2.45, 2.75) is 39.0 Å². The molecule has 0 aromatic carbocycles. The quantitative estimate of drug-likeness (QED) is 0.679. The van der Waals surface area contributed by atoms with Crippen molar-refractivity contribution in [3.8, 4) is 5.88 Å². The second kappa shape index (κ2) is 7.45. The smallest absolute Gasteiger partial charge is 0.242 e. The van der Waals surface area contributed by atoms with Crippen LogP contribution in [0.2, 0.25) is 0 Å². The van der Waals surface area contributed by atoms with Gasteiger partial charge in [-0.1, -0.05) is 13.8 Å². The summed E-state index contributed by atoms with van der Waals surface area (Å²) in [5, 5.41) is 3.33. The third-order valence-electron chi connectivity index (χ3n) is 3.90. The maximum Gasteiger partial charge on any atom is 0.242 e. The Morgan fingerprint density at radius 3 is 2.57 bits per heavy atom. The fraction of sp³-hybridized carbons (Fsp3) is 0.733. The topological polar surface area (TPSA) is 76.3 Å². The fourth-order valence-electron chi connectivity index (χ4n) is 2.33. The number of anilines is 2. The van der Waals surface area contributed by atoms with Crippen LogP contribution in [0.4, 0.5) is 11.5 Å². The molecule has 1 aromatic heterocycles. The lowest BCUT2D eigenvalue weighted by molar-refractivity contribution is 0.303. The number of nitrogens with one attached hydrogen (secondary N) is 1. The third kappa shape index (κ3) is 4.20. The normalized spacial score (nSPS) is 14.5. The summed E-state index contributed by atoms with van der Waals surface area (Å²) in [4.78, 5) is 11.4. The second-order valence-corrected chi connectivity index (χ2v) is 5.43. The molecule has 0 aliphatic heterocycles. The average Bonchev–Trinajstić information content (AvgIpc) is 3.33. The minimum atomic E-state index is 0.482. The zero-order valence-electron chi connectivity index (χ0n) is 13.4. The number of methoxy groups -OCH3 is 1. The Bertz CT molecular complexity index is 458. The van der Waals surface area contributed by atoms with Crippen LogP contribution in [-0.4, -0.2) is 48.2 Å². The predicted octanol–water partition coefficient (Wildman–Crippen LogP) is 2.09. The fourth-order valence-corrected chi connectivity index (χ4v) is 2.33. The molecular weight excluding hydrogens is 266 g/mol. The minimum Gasteiger partial charge on any atom is -0.479 e. The molecule has 0 amide bonds. The van der Waals surface area contributed by atoms with Crippen LogP contribution in [0.5, 0.6) is 5.88 Å². The Kier molecular flexibility index (Phi) is 5.61. The Morgan fingerprint density at radius 1 is 1.29 bits per heavy atom. The van der Waals surface area contributed by atoms with E-state index in [2.05, 4.69) is 34.0 Å². The SMILES string of the molecule is CCN(CC)CCCNc1nc(C2CC2)nc(OC)c1N. The van der Waals surface area contributed by atoms with E-state index in [9.17, 15) is 0 Å². The molecule has 0 bridgehead atoms. The highest BCUT2D eigenvalue weighted by Gasteiger charge is 2.28. The van der Waals surface area contributed by atoms with Gasteiger partial charge in [-0.15, -0.1) is 0 Å². The maximum absolute atomic E-state index is 6.05. The number of nitrogens with two attached hydrogens (primary N) is 1. The molecule has 1 saturated carbocycles. The lowest BCUT2D eigenvalue weighted by atomic mass is 10.3. The van der Waals surface area contributed by atoms with Gasteiger partial charge in [0.15, 0.2) is 5.82 Å². The summed E-state index contributed by atoms with van der Waals surface area (Å²) >= 11 is 0. The molecule has 0 unspecified atom stereocenters. The average molecular weight is 293 g/mol. The predicted molar refractivity (Wildman–Crippen MR) is 85.9 cm³/mol. The Morgan fingerprint density at radius 2 is 2.00 bits per heavy atom. The molecule has 6 heteroatoms. The molecule has 3 N–H and O–H groups in total. The van der Waals surface area contributed by atoms with Crippen molar-refractivity contribution in [3.05, 3.63) is 5.82 Å². The van der Waals surface area contributed by atoms with Crippen LogP contribution in [0.1, 0.15) is 44.9 Å². The number of hydrogen-bond donors (Lipinski definition) is 2. The molecule has 21 heavy (non-hydrogen) atoms. The minimum absolute atomic E-state index is 0.482. The lowest BCUT2D eigenvalue weighted by Gasteiger charge is -2.18. The molecule has 118 valence electrons. The van der Waals surface area contributed by atoms with Gasteiger partial charge in [-0.3, -0.25) is 0 Å². The summed E-state index contributed by atoms with van der Waals surface area (Å²) in [7, 11) is 1.60. The van der Waals surface area contributed by atoms with Crippen LogP contribution < -0.4 is 15.8 Å². The first kappa shape index (κ1) is 15.8. The Hall–Kier alpha value is -1.56. The van der Waals surface area contributed by atoms with E-state index >= 15 is 0 Å². The molecule has 1 aromatic rings. The number of rotatable bonds is 9. The Balaban J connectivity index is 1.94. The van der Waals surface area contributed by atoms with Crippen LogP contribution in [0.3, 0.4) is 0 Å². The number of aromatic nitrogens is 2. The van der Waals surface area contributed by atoms with E-state index in [0.717, 1.165) is 51.3 Å². The van der Waals surface area contributed by atoms with E-state index in [1.165, 1.54) is 0 Å².